The summed E-state index contributed by atoms with van der Waals surface area (Å²) in [5, 5.41) is 5.79. The number of benzene rings is 1. The minimum atomic E-state index is -4.15. The van der Waals surface area contributed by atoms with Crippen molar-refractivity contribution in [3.63, 3.8) is 0 Å². The van der Waals surface area contributed by atoms with Crippen LogP contribution in [0.25, 0.3) is 0 Å². The van der Waals surface area contributed by atoms with Gasteiger partial charge in [0.25, 0.3) is 0 Å². The molecule has 0 saturated carbocycles. The Morgan fingerprint density at radius 2 is 1.91 bits per heavy atom. The van der Waals surface area contributed by atoms with Gasteiger partial charge in [0, 0.05) is 49.4 Å². The Morgan fingerprint density at radius 3 is 2.56 bits per heavy atom. The first kappa shape index (κ1) is 24.1. The first-order chi connectivity index (χ1) is 15.3. The Labute approximate surface area is 190 Å². The van der Waals surface area contributed by atoms with E-state index in [4.69, 9.17) is 0 Å². The van der Waals surface area contributed by atoms with Crippen LogP contribution in [0.4, 0.5) is 13.2 Å². The van der Waals surface area contributed by atoms with E-state index in [2.05, 4.69) is 26.5 Å². The second-order valence-corrected chi connectivity index (χ2v) is 8.53. The van der Waals surface area contributed by atoms with Crippen LogP contribution in [-0.4, -0.2) is 59.8 Å². The normalized spacial score (nSPS) is 17.8. The fourth-order valence-corrected chi connectivity index (χ4v) is 4.13. The van der Waals surface area contributed by atoms with E-state index in [-0.39, 0.29) is 5.91 Å². The molecule has 1 aromatic carbocycles. The van der Waals surface area contributed by atoms with Gasteiger partial charge in [-0.05, 0) is 48.3 Å². The van der Waals surface area contributed by atoms with E-state index in [1.54, 1.807) is 24.2 Å². The molecule has 0 aromatic heterocycles. The maximum atomic E-state index is 12.5. The van der Waals surface area contributed by atoms with Gasteiger partial charge in [-0.3, -0.25) is 9.69 Å². The third-order valence-corrected chi connectivity index (χ3v) is 5.97. The standard InChI is InChI=1S/C22H26F3N5OS/c1-2-26-20-5-3-4-18(15-27-20)21(31)28-14-17-6-8-19(9-7-17)32-30-12-10-29(11-13-30)16-22(23,24)25/h2-3,5-9,15H,1,4,10-14,16H2,(H,26,27)(H,28,31). The van der Waals surface area contributed by atoms with Gasteiger partial charge in [0.15, 0.2) is 0 Å². The van der Waals surface area contributed by atoms with Crippen molar-refractivity contribution in [2.75, 3.05) is 32.7 Å². The molecule has 0 aliphatic carbocycles. The van der Waals surface area contributed by atoms with E-state index in [9.17, 15) is 18.0 Å². The molecule has 2 heterocycles. The van der Waals surface area contributed by atoms with Crippen LogP contribution in [0.5, 0.6) is 0 Å². The zero-order chi connectivity index (χ0) is 23.0. The first-order valence-corrected chi connectivity index (χ1v) is 11.0. The number of halogens is 3. The lowest BCUT2D eigenvalue weighted by molar-refractivity contribution is -0.147. The molecule has 0 spiro atoms. The van der Waals surface area contributed by atoms with Crippen molar-refractivity contribution in [1.82, 2.24) is 19.8 Å². The molecule has 172 valence electrons. The van der Waals surface area contributed by atoms with E-state index in [0.29, 0.717) is 50.6 Å². The second-order valence-electron chi connectivity index (χ2n) is 7.36. The van der Waals surface area contributed by atoms with Gasteiger partial charge in [0.1, 0.15) is 5.84 Å². The number of amidine groups is 1. The van der Waals surface area contributed by atoms with E-state index in [0.717, 1.165) is 10.5 Å². The van der Waals surface area contributed by atoms with Crippen LogP contribution in [0.2, 0.25) is 0 Å². The molecule has 1 fully saturated rings. The number of carbonyl (C=O) groups excluding carboxylic acids is 1. The van der Waals surface area contributed by atoms with Crippen LogP contribution in [0.15, 0.2) is 70.9 Å². The number of nitrogens with one attached hydrogen (secondary N) is 2. The molecule has 3 rings (SSSR count). The Bertz CT molecular complexity index is 888. The molecule has 2 N–H and O–H groups in total. The molecule has 0 bridgehead atoms. The van der Waals surface area contributed by atoms with Crippen LogP contribution >= 0.6 is 11.9 Å². The minimum Gasteiger partial charge on any atom is -0.348 e. The van der Waals surface area contributed by atoms with E-state index in [1.165, 1.54) is 11.1 Å². The predicted molar refractivity (Wildman–Crippen MR) is 121 cm³/mol. The number of amides is 1. The molecule has 6 nitrogen and oxygen atoms in total. The summed E-state index contributed by atoms with van der Waals surface area (Å²) in [7, 11) is 0. The van der Waals surface area contributed by atoms with Gasteiger partial charge in [-0.1, -0.05) is 24.8 Å². The fourth-order valence-electron chi connectivity index (χ4n) is 3.23. The zero-order valence-electron chi connectivity index (χ0n) is 17.6. The number of alkyl halides is 3. The SMILES string of the molecule is C=CNC1=NC=C(C(=O)NCc2ccc(SN3CCN(CC(F)(F)F)CC3)cc2)CC=C1. The number of piperazine rings is 1. The summed E-state index contributed by atoms with van der Waals surface area (Å²) in [5.74, 6) is 0.450. The molecule has 1 amide bonds. The lowest BCUT2D eigenvalue weighted by Gasteiger charge is -2.34. The van der Waals surface area contributed by atoms with Crippen LogP contribution in [0.1, 0.15) is 12.0 Å². The van der Waals surface area contributed by atoms with E-state index >= 15 is 0 Å². The monoisotopic (exact) mass is 465 g/mol. The van der Waals surface area contributed by atoms with Gasteiger partial charge >= 0.3 is 6.18 Å². The highest BCUT2D eigenvalue weighted by Gasteiger charge is 2.32. The number of aliphatic imine (C=N–C) groups is 1. The molecule has 2 aliphatic heterocycles. The summed E-state index contributed by atoms with van der Waals surface area (Å²) in [4.78, 5) is 19.1. The van der Waals surface area contributed by atoms with Crippen LogP contribution < -0.4 is 10.6 Å². The number of hydrogen-bond acceptors (Lipinski definition) is 6. The first-order valence-electron chi connectivity index (χ1n) is 10.2. The highest BCUT2D eigenvalue weighted by Crippen LogP contribution is 2.25. The summed E-state index contributed by atoms with van der Waals surface area (Å²) in [5.41, 5.74) is 1.53. The van der Waals surface area contributed by atoms with Crippen molar-refractivity contribution in [3.05, 3.63) is 66.5 Å². The quantitative estimate of drug-likeness (QED) is 0.604. The molecule has 32 heavy (non-hydrogen) atoms. The Balaban J connectivity index is 1.44. The topological polar surface area (TPSA) is 60.0 Å². The van der Waals surface area contributed by atoms with Crippen molar-refractivity contribution in [3.8, 4) is 0 Å². The summed E-state index contributed by atoms with van der Waals surface area (Å²) in [6.45, 7) is 5.08. The molecule has 0 atom stereocenters. The highest BCUT2D eigenvalue weighted by molar-refractivity contribution is 7.97. The number of allylic oxidation sites excluding steroid dienone is 1. The molecule has 1 aromatic rings. The van der Waals surface area contributed by atoms with E-state index < -0.39 is 12.7 Å². The minimum absolute atomic E-state index is 0.173. The number of carbonyl (C=O) groups is 1. The molecule has 10 heteroatoms. The van der Waals surface area contributed by atoms with Crippen molar-refractivity contribution < 1.29 is 18.0 Å². The third kappa shape index (κ3) is 7.85. The van der Waals surface area contributed by atoms with Crippen molar-refractivity contribution in [1.29, 1.82) is 0 Å². The average Bonchev–Trinajstić information content (AvgIpc) is 2.99. The molecule has 2 aliphatic rings. The van der Waals surface area contributed by atoms with Gasteiger partial charge in [0.2, 0.25) is 5.91 Å². The molecular formula is C22H26F3N5OS. The summed E-state index contributed by atoms with van der Waals surface area (Å²) in [6, 6.07) is 7.79. The Hall–Kier alpha value is -2.56. The smallest absolute Gasteiger partial charge is 0.348 e. The predicted octanol–water partition coefficient (Wildman–Crippen LogP) is 3.47. The number of rotatable bonds is 7. The lowest BCUT2D eigenvalue weighted by Crippen LogP contribution is -2.46. The summed E-state index contributed by atoms with van der Waals surface area (Å²) < 4.78 is 39.6. The van der Waals surface area contributed by atoms with Gasteiger partial charge in [-0.25, -0.2) is 9.30 Å². The van der Waals surface area contributed by atoms with Crippen LogP contribution in [-0.2, 0) is 11.3 Å². The molecule has 1 saturated heterocycles. The van der Waals surface area contributed by atoms with Gasteiger partial charge in [0.05, 0.1) is 6.54 Å². The van der Waals surface area contributed by atoms with Gasteiger partial charge in [-0.15, -0.1) is 0 Å². The third-order valence-electron chi connectivity index (χ3n) is 4.86. The lowest BCUT2D eigenvalue weighted by atomic mass is 10.1. The fraction of sp³-hybridized carbons (Fsp3) is 0.364. The molecule has 0 radical (unpaired) electrons. The summed E-state index contributed by atoms with van der Waals surface area (Å²) in [6.07, 6.45) is 3.08. The molecule has 0 unspecified atom stereocenters. The van der Waals surface area contributed by atoms with Crippen LogP contribution in [0.3, 0.4) is 0 Å². The average molecular weight is 466 g/mol. The van der Waals surface area contributed by atoms with Gasteiger partial charge < -0.3 is 10.6 Å². The van der Waals surface area contributed by atoms with Crippen molar-refractivity contribution in [2.45, 2.75) is 24.0 Å². The number of hydrogen-bond donors (Lipinski definition) is 2. The van der Waals surface area contributed by atoms with Gasteiger partial charge in [-0.2, -0.15) is 13.2 Å². The van der Waals surface area contributed by atoms with Crippen LogP contribution in [0, 0.1) is 0 Å². The maximum Gasteiger partial charge on any atom is 0.401 e. The highest BCUT2D eigenvalue weighted by atomic mass is 32.2. The van der Waals surface area contributed by atoms with Crippen molar-refractivity contribution in [2.24, 2.45) is 4.99 Å². The molecular weight excluding hydrogens is 439 g/mol. The Morgan fingerprint density at radius 1 is 1.19 bits per heavy atom. The second kappa shape index (κ2) is 11.3. The number of nitrogens with zero attached hydrogens (tertiary/aromatic N) is 3. The zero-order valence-corrected chi connectivity index (χ0v) is 18.4. The van der Waals surface area contributed by atoms with Crippen molar-refractivity contribution >= 4 is 23.7 Å². The van der Waals surface area contributed by atoms with E-state index in [1.807, 2.05) is 30.3 Å². The maximum absolute atomic E-state index is 12.5. The summed E-state index contributed by atoms with van der Waals surface area (Å²) >= 11 is 1.54. The largest absolute Gasteiger partial charge is 0.401 e. The Kier molecular flexibility index (Phi) is 8.54.